The third-order valence-corrected chi connectivity index (χ3v) is 3.29. The molecule has 7 heteroatoms. The average Bonchev–Trinajstić information content (AvgIpc) is 2.58. The maximum Gasteiger partial charge on any atom is 0.416 e. The summed E-state index contributed by atoms with van der Waals surface area (Å²) in [5, 5.41) is 5.50. The van der Waals surface area contributed by atoms with Crippen molar-refractivity contribution in [2.75, 3.05) is 19.0 Å². The summed E-state index contributed by atoms with van der Waals surface area (Å²) >= 11 is 0. The van der Waals surface area contributed by atoms with Crippen LogP contribution in [0.3, 0.4) is 0 Å². The number of halogens is 3. The van der Waals surface area contributed by atoms with Gasteiger partial charge in [-0.15, -0.1) is 0 Å². The van der Waals surface area contributed by atoms with Gasteiger partial charge in [0.1, 0.15) is 5.75 Å². The van der Waals surface area contributed by atoms with E-state index in [0.29, 0.717) is 18.0 Å². The zero-order valence-electron chi connectivity index (χ0n) is 13.0. The van der Waals surface area contributed by atoms with Gasteiger partial charge in [0.15, 0.2) is 0 Å². The minimum absolute atomic E-state index is 0.0324. The summed E-state index contributed by atoms with van der Waals surface area (Å²) in [4.78, 5) is 11.8. The summed E-state index contributed by atoms with van der Waals surface area (Å²) in [5.41, 5.74) is 0.604. The van der Waals surface area contributed by atoms with Gasteiger partial charge in [0.05, 0.1) is 19.2 Å². The van der Waals surface area contributed by atoms with Crippen LogP contribution in [0, 0.1) is 0 Å². The molecular formula is C17H17F3N2O2. The van der Waals surface area contributed by atoms with E-state index in [4.69, 9.17) is 4.74 Å². The molecule has 0 spiro atoms. The van der Waals surface area contributed by atoms with Crippen molar-refractivity contribution in [3.8, 4) is 5.75 Å². The van der Waals surface area contributed by atoms with Crippen LogP contribution < -0.4 is 15.4 Å². The van der Waals surface area contributed by atoms with Crippen molar-refractivity contribution in [2.24, 2.45) is 0 Å². The monoisotopic (exact) mass is 338 g/mol. The Morgan fingerprint density at radius 3 is 2.46 bits per heavy atom. The molecule has 0 bridgehead atoms. The minimum Gasteiger partial charge on any atom is -0.497 e. The highest BCUT2D eigenvalue weighted by Gasteiger charge is 2.29. The molecule has 0 unspecified atom stereocenters. The second-order valence-electron chi connectivity index (χ2n) is 5.06. The Hall–Kier alpha value is -2.70. The van der Waals surface area contributed by atoms with Crippen LogP contribution in [0.5, 0.6) is 5.75 Å². The predicted octanol–water partition coefficient (Wildman–Crippen LogP) is 3.44. The smallest absolute Gasteiger partial charge is 0.416 e. The van der Waals surface area contributed by atoms with Gasteiger partial charge in [-0.05, 0) is 42.0 Å². The lowest BCUT2D eigenvalue weighted by Crippen LogP contribution is -2.29. The van der Waals surface area contributed by atoms with E-state index in [-0.39, 0.29) is 12.5 Å². The molecule has 0 saturated heterocycles. The van der Waals surface area contributed by atoms with Crippen LogP contribution in [0.1, 0.15) is 11.1 Å². The van der Waals surface area contributed by atoms with Crippen LogP contribution in [-0.4, -0.2) is 19.6 Å². The summed E-state index contributed by atoms with van der Waals surface area (Å²) in [6.07, 6.45) is -4.37. The molecule has 2 aromatic rings. The number of methoxy groups -OCH3 is 1. The molecular weight excluding hydrogens is 321 g/mol. The maximum absolute atomic E-state index is 12.5. The van der Waals surface area contributed by atoms with E-state index < -0.39 is 11.7 Å². The van der Waals surface area contributed by atoms with Crippen molar-refractivity contribution in [3.63, 3.8) is 0 Å². The van der Waals surface area contributed by atoms with Crippen LogP contribution in [0.4, 0.5) is 18.9 Å². The van der Waals surface area contributed by atoms with Crippen molar-refractivity contribution < 1.29 is 22.7 Å². The molecule has 0 atom stereocenters. The van der Waals surface area contributed by atoms with Gasteiger partial charge in [-0.25, -0.2) is 0 Å². The van der Waals surface area contributed by atoms with Crippen LogP contribution >= 0.6 is 0 Å². The molecule has 0 aromatic heterocycles. The zero-order chi connectivity index (χ0) is 17.6. The fourth-order valence-corrected chi connectivity index (χ4v) is 2.00. The first-order valence-corrected chi connectivity index (χ1v) is 7.19. The number of benzene rings is 2. The Morgan fingerprint density at radius 2 is 1.83 bits per heavy atom. The normalized spacial score (nSPS) is 11.0. The Kier molecular flexibility index (Phi) is 5.68. The lowest BCUT2D eigenvalue weighted by atomic mass is 10.2. The summed E-state index contributed by atoms with van der Waals surface area (Å²) in [7, 11) is 1.56. The molecule has 128 valence electrons. The number of rotatable bonds is 6. The standard InChI is InChI=1S/C17H17F3N2O2/c1-24-15-4-2-3-12(9-15)10-22-16(23)11-21-14-7-5-13(6-8-14)17(18,19)20/h2-9,21H,10-11H2,1H3,(H,22,23). The molecule has 0 fully saturated rings. The number of carbonyl (C=O) groups excluding carboxylic acids is 1. The summed E-state index contributed by atoms with van der Waals surface area (Å²) in [6.45, 7) is 0.306. The summed E-state index contributed by atoms with van der Waals surface area (Å²) in [6, 6.07) is 11.8. The number of ether oxygens (including phenoxy) is 1. The van der Waals surface area contributed by atoms with Crippen molar-refractivity contribution in [1.82, 2.24) is 5.32 Å². The molecule has 0 heterocycles. The third-order valence-electron chi connectivity index (χ3n) is 3.29. The zero-order valence-corrected chi connectivity index (χ0v) is 13.0. The van der Waals surface area contributed by atoms with Crippen LogP contribution in [0.25, 0.3) is 0 Å². The molecule has 24 heavy (non-hydrogen) atoms. The lowest BCUT2D eigenvalue weighted by molar-refractivity contribution is -0.137. The highest BCUT2D eigenvalue weighted by atomic mass is 19.4. The van der Waals surface area contributed by atoms with Gasteiger partial charge in [-0.2, -0.15) is 13.2 Å². The van der Waals surface area contributed by atoms with Crippen molar-refractivity contribution in [1.29, 1.82) is 0 Å². The van der Waals surface area contributed by atoms with E-state index >= 15 is 0 Å². The van der Waals surface area contributed by atoms with Gasteiger partial charge in [-0.1, -0.05) is 12.1 Å². The number of carbonyl (C=O) groups is 1. The van der Waals surface area contributed by atoms with Crippen molar-refractivity contribution in [3.05, 3.63) is 59.7 Å². The summed E-state index contributed by atoms with van der Waals surface area (Å²) < 4.78 is 42.5. The highest BCUT2D eigenvalue weighted by molar-refractivity contribution is 5.80. The number of amides is 1. The Bertz CT molecular complexity index is 685. The molecule has 0 radical (unpaired) electrons. The molecule has 1 amide bonds. The quantitative estimate of drug-likeness (QED) is 0.848. The Labute approximate surface area is 137 Å². The van der Waals surface area contributed by atoms with Crippen molar-refractivity contribution >= 4 is 11.6 Å². The van der Waals surface area contributed by atoms with Crippen molar-refractivity contribution in [2.45, 2.75) is 12.7 Å². The Balaban J connectivity index is 1.80. The van der Waals surface area contributed by atoms with E-state index in [1.165, 1.54) is 12.1 Å². The van der Waals surface area contributed by atoms with E-state index in [2.05, 4.69) is 10.6 Å². The van der Waals surface area contributed by atoms with E-state index in [1.807, 2.05) is 18.2 Å². The van der Waals surface area contributed by atoms with Gasteiger partial charge in [0.25, 0.3) is 0 Å². The second kappa shape index (κ2) is 7.72. The molecule has 4 nitrogen and oxygen atoms in total. The van der Waals surface area contributed by atoms with Crippen LogP contribution in [0.15, 0.2) is 48.5 Å². The molecule has 0 saturated carbocycles. The van der Waals surface area contributed by atoms with Gasteiger partial charge >= 0.3 is 6.18 Å². The number of hydrogen-bond donors (Lipinski definition) is 2. The minimum atomic E-state index is -4.37. The fourth-order valence-electron chi connectivity index (χ4n) is 2.00. The van der Waals surface area contributed by atoms with E-state index in [9.17, 15) is 18.0 Å². The number of nitrogens with one attached hydrogen (secondary N) is 2. The van der Waals surface area contributed by atoms with Gasteiger partial charge in [0.2, 0.25) is 5.91 Å². The first-order chi connectivity index (χ1) is 11.4. The average molecular weight is 338 g/mol. The lowest BCUT2D eigenvalue weighted by Gasteiger charge is -2.10. The highest BCUT2D eigenvalue weighted by Crippen LogP contribution is 2.29. The number of anilines is 1. The fraction of sp³-hybridized carbons (Fsp3) is 0.235. The molecule has 2 N–H and O–H groups in total. The number of hydrogen-bond acceptors (Lipinski definition) is 3. The molecule has 2 rings (SSSR count). The topological polar surface area (TPSA) is 50.4 Å². The Morgan fingerprint density at radius 1 is 1.12 bits per heavy atom. The first-order valence-electron chi connectivity index (χ1n) is 7.19. The van der Waals surface area contributed by atoms with E-state index in [0.717, 1.165) is 17.7 Å². The van der Waals surface area contributed by atoms with Gasteiger partial charge in [0, 0.05) is 12.2 Å². The predicted molar refractivity (Wildman–Crippen MR) is 84.8 cm³/mol. The van der Waals surface area contributed by atoms with Crippen LogP contribution in [-0.2, 0) is 17.5 Å². The van der Waals surface area contributed by atoms with Gasteiger partial charge in [-0.3, -0.25) is 4.79 Å². The third kappa shape index (κ3) is 5.19. The van der Waals surface area contributed by atoms with Crippen LogP contribution in [0.2, 0.25) is 0 Å². The largest absolute Gasteiger partial charge is 0.497 e. The molecule has 2 aromatic carbocycles. The molecule has 0 aliphatic heterocycles. The molecule has 0 aliphatic carbocycles. The summed E-state index contributed by atoms with van der Waals surface area (Å²) in [5.74, 6) is 0.433. The maximum atomic E-state index is 12.5. The second-order valence-corrected chi connectivity index (χ2v) is 5.06. The molecule has 0 aliphatic rings. The SMILES string of the molecule is COc1cccc(CNC(=O)CNc2ccc(C(F)(F)F)cc2)c1. The number of alkyl halides is 3. The van der Waals surface area contributed by atoms with Gasteiger partial charge < -0.3 is 15.4 Å². The van der Waals surface area contributed by atoms with E-state index in [1.54, 1.807) is 13.2 Å². The first kappa shape index (κ1) is 17.7.